The standard InChI is InChI=1S/C6H5F.C2H4.BrH.H3N/c7-6-4-2-1-3-5-6;1-2;;/h1-5H;1-2H2;1H;1H3. The molecular formula is C8H13BrFN. The molecule has 1 rings (SSSR count). The summed E-state index contributed by atoms with van der Waals surface area (Å²) in [5.41, 5.74) is 0. The predicted molar refractivity (Wildman–Crippen MR) is 53.0 cm³/mol. The van der Waals surface area contributed by atoms with Gasteiger partial charge in [0, 0.05) is 0 Å². The van der Waals surface area contributed by atoms with Gasteiger partial charge >= 0.3 is 0 Å². The van der Waals surface area contributed by atoms with Crippen LogP contribution in [-0.2, 0) is 0 Å². The highest BCUT2D eigenvalue weighted by atomic mass is 79.9. The molecule has 0 amide bonds. The number of hydrogen-bond donors (Lipinski definition) is 1. The van der Waals surface area contributed by atoms with E-state index in [4.69, 9.17) is 0 Å². The van der Waals surface area contributed by atoms with E-state index in [0.717, 1.165) is 0 Å². The van der Waals surface area contributed by atoms with Crippen molar-refractivity contribution in [3.05, 3.63) is 49.3 Å². The molecule has 0 aromatic heterocycles. The number of halogens is 2. The Labute approximate surface area is 77.3 Å². The van der Waals surface area contributed by atoms with Crippen LogP contribution >= 0.6 is 17.0 Å². The topological polar surface area (TPSA) is 35.0 Å². The van der Waals surface area contributed by atoms with Crippen LogP contribution < -0.4 is 6.15 Å². The maximum Gasteiger partial charge on any atom is 0.123 e. The molecule has 3 heteroatoms. The Hall–Kier alpha value is -0.670. The van der Waals surface area contributed by atoms with Crippen molar-refractivity contribution >= 4 is 17.0 Å². The summed E-state index contributed by atoms with van der Waals surface area (Å²) >= 11 is 0. The zero-order valence-corrected chi connectivity index (χ0v) is 8.01. The van der Waals surface area contributed by atoms with Crippen molar-refractivity contribution in [2.75, 3.05) is 0 Å². The van der Waals surface area contributed by atoms with E-state index in [1.54, 1.807) is 18.2 Å². The van der Waals surface area contributed by atoms with E-state index in [0.29, 0.717) is 0 Å². The molecule has 3 N–H and O–H groups in total. The summed E-state index contributed by atoms with van der Waals surface area (Å²) in [6, 6.07) is 7.94. The van der Waals surface area contributed by atoms with E-state index >= 15 is 0 Å². The molecule has 0 spiro atoms. The third kappa shape index (κ3) is 9.33. The van der Waals surface area contributed by atoms with Crippen LogP contribution in [0.4, 0.5) is 4.39 Å². The lowest BCUT2D eigenvalue weighted by Gasteiger charge is -1.78. The fourth-order valence-corrected chi connectivity index (χ4v) is 0.415. The smallest absolute Gasteiger partial charge is 0.123 e. The summed E-state index contributed by atoms with van der Waals surface area (Å²) in [6.45, 7) is 6.00. The van der Waals surface area contributed by atoms with Crippen LogP contribution in [0.3, 0.4) is 0 Å². The van der Waals surface area contributed by atoms with Crippen LogP contribution in [0.15, 0.2) is 43.5 Å². The molecule has 0 aliphatic heterocycles. The minimum atomic E-state index is -0.178. The Kier molecular flexibility index (Phi) is 18.3. The summed E-state index contributed by atoms with van der Waals surface area (Å²) in [4.78, 5) is 0. The van der Waals surface area contributed by atoms with E-state index in [2.05, 4.69) is 13.2 Å². The third-order valence-corrected chi connectivity index (χ3v) is 0.733. The van der Waals surface area contributed by atoms with Gasteiger partial charge in [0.05, 0.1) is 0 Å². The van der Waals surface area contributed by atoms with E-state index in [1.807, 2.05) is 0 Å². The van der Waals surface area contributed by atoms with Crippen LogP contribution in [0.5, 0.6) is 0 Å². The van der Waals surface area contributed by atoms with Gasteiger partial charge in [-0.2, -0.15) is 0 Å². The Morgan fingerprint density at radius 2 is 1.36 bits per heavy atom. The maximum atomic E-state index is 11.9. The summed E-state index contributed by atoms with van der Waals surface area (Å²) in [7, 11) is 0. The fourth-order valence-electron chi connectivity index (χ4n) is 0.415. The van der Waals surface area contributed by atoms with Crippen molar-refractivity contribution < 1.29 is 4.39 Å². The first-order chi connectivity index (χ1) is 4.39. The van der Waals surface area contributed by atoms with Gasteiger partial charge in [0.1, 0.15) is 5.82 Å². The molecule has 11 heavy (non-hydrogen) atoms. The third-order valence-electron chi connectivity index (χ3n) is 0.733. The van der Waals surface area contributed by atoms with Crippen LogP contribution in [-0.4, -0.2) is 0 Å². The van der Waals surface area contributed by atoms with Gasteiger partial charge in [0.2, 0.25) is 0 Å². The second-order valence-electron chi connectivity index (χ2n) is 1.30. The van der Waals surface area contributed by atoms with Gasteiger partial charge < -0.3 is 6.15 Å². The summed E-state index contributed by atoms with van der Waals surface area (Å²) in [5, 5.41) is 0. The zero-order chi connectivity index (χ0) is 7.11. The van der Waals surface area contributed by atoms with Crippen LogP contribution in [0.1, 0.15) is 0 Å². The minimum Gasteiger partial charge on any atom is -0.344 e. The lowest BCUT2D eigenvalue weighted by atomic mass is 10.4. The molecule has 0 radical (unpaired) electrons. The highest BCUT2D eigenvalue weighted by Gasteiger charge is 1.77. The average Bonchev–Trinajstić information content (AvgIpc) is 1.94. The van der Waals surface area contributed by atoms with Gasteiger partial charge in [-0.05, 0) is 12.1 Å². The average molecular weight is 222 g/mol. The van der Waals surface area contributed by atoms with Gasteiger partial charge in [0.15, 0.2) is 0 Å². The molecule has 0 heterocycles. The van der Waals surface area contributed by atoms with Gasteiger partial charge in [0.25, 0.3) is 0 Å². The first-order valence-electron chi connectivity index (χ1n) is 2.60. The summed E-state index contributed by atoms with van der Waals surface area (Å²) < 4.78 is 11.9. The zero-order valence-electron chi connectivity index (χ0n) is 6.29. The molecule has 1 nitrogen and oxygen atoms in total. The second kappa shape index (κ2) is 12.0. The Morgan fingerprint density at radius 3 is 1.55 bits per heavy atom. The largest absolute Gasteiger partial charge is 0.344 e. The minimum absolute atomic E-state index is 0. The van der Waals surface area contributed by atoms with E-state index in [9.17, 15) is 4.39 Å². The van der Waals surface area contributed by atoms with E-state index in [1.165, 1.54) is 12.1 Å². The highest BCUT2D eigenvalue weighted by Crippen LogP contribution is 1.91. The van der Waals surface area contributed by atoms with Crippen LogP contribution in [0.2, 0.25) is 0 Å². The van der Waals surface area contributed by atoms with Crippen molar-refractivity contribution in [2.45, 2.75) is 0 Å². The Balaban J connectivity index is -0.000000149. The number of rotatable bonds is 0. The molecular weight excluding hydrogens is 209 g/mol. The SMILES string of the molecule is Br.C=C.Fc1ccccc1.N. The molecule has 0 aliphatic rings. The fraction of sp³-hybridized carbons (Fsp3) is 0. The second-order valence-corrected chi connectivity index (χ2v) is 1.30. The molecule has 0 aliphatic carbocycles. The quantitative estimate of drug-likeness (QED) is 0.671. The van der Waals surface area contributed by atoms with Crippen molar-refractivity contribution in [2.24, 2.45) is 0 Å². The van der Waals surface area contributed by atoms with Crippen molar-refractivity contribution in [3.63, 3.8) is 0 Å². The van der Waals surface area contributed by atoms with Gasteiger partial charge in [-0.15, -0.1) is 30.1 Å². The van der Waals surface area contributed by atoms with Crippen molar-refractivity contribution in [1.29, 1.82) is 0 Å². The van der Waals surface area contributed by atoms with Crippen LogP contribution in [0.25, 0.3) is 0 Å². The molecule has 64 valence electrons. The molecule has 0 saturated heterocycles. The Bertz CT molecular complexity index is 155. The van der Waals surface area contributed by atoms with Gasteiger partial charge in [-0.1, -0.05) is 18.2 Å². The predicted octanol–water partition coefficient (Wildman–Crippen LogP) is 3.37. The van der Waals surface area contributed by atoms with E-state index < -0.39 is 0 Å². The maximum absolute atomic E-state index is 11.9. The van der Waals surface area contributed by atoms with Gasteiger partial charge in [-0.25, -0.2) is 4.39 Å². The highest BCUT2D eigenvalue weighted by molar-refractivity contribution is 8.93. The monoisotopic (exact) mass is 221 g/mol. The number of benzene rings is 1. The molecule has 0 fully saturated rings. The molecule has 1 aromatic rings. The van der Waals surface area contributed by atoms with Gasteiger partial charge in [-0.3, -0.25) is 0 Å². The molecule has 0 saturated carbocycles. The van der Waals surface area contributed by atoms with Crippen molar-refractivity contribution in [1.82, 2.24) is 6.15 Å². The van der Waals surface area contributed by atoms with E-state index in [-0.39, 0.29) is 28.9 Å². The molecule has 0 unspecified atom stereocenters. The lowest BCUT2D eigenvalue weighted by Crippen LogP contribution is -1.63. The summed E-state index contributed by atoms with van der Waals surface area (Å²) in [6.07, 6.45) is 0. The first kappa shape index (κ1) is 16.7. The normalized spacial score (nSPS) is 5.91. The molecule has 0 atom stereocenters. The van der Waals surface area contributed by atoms with Crippen molar-refractivity contribution in [3.8, 4) is 0 Å². The lowest BCUT2D eigenvalue weighted by molar-refractivity contribution is 0.628. The molecule has 0 bridgehead atoms. The summed E-state index contributed by atoms with van der Waals surface area (Å²) in [5.74, 6) is -0.178. The molecule has 1 aromatic carbocycles. The first-order valence-corrected chi connectivity index (χ1v) is 2.60. The number of hydrogen-bond acceptors (Lipinski definition) is 1. The Morgan fingerprint density at radius 1 is 1.00 bits per heavy atom. The van der Waals surface area contributed by atoms with Crippen LogP contribution in [0, 0.1) is 5.82 Å².